The molecule has 6 nitrogen and oxygen atoms in total. The minimum Gasteiger partial charge on any atom is -0.465 e. The molecule has 0 saturated carbocycles. The number of rotatable bonds is 4. The maximum absolute atomic E-state index is 12.6. The number of halogens is 3. The second-order valence-electron chi connectivity index (χ2n) is 5.95. The molecular formula is C18H16F3N3O3. The third-order valence-corrected chi connectivity index (χ3v) is 4.20. The van der Waals surface area contributed by atoms with Crippen LogP contribution in [0.25, 0.3) is 0 Å². The van der Waals surface area contributed by atoms with Crippen LogP contribution in [0.3, 0.4) is 0 Å². The van der Waals surface area contributed by atoms with Crippen molar-refractivity contribution in [3.63, 3.8) is 0 Å². The van der Waals surface area contributed by atoms with E-state index in [4.69, 9.17) is 0 Å². The van der Waals surface area contributed by atoms with Gasteiger partial charge < -0.3 is 9.64 Å². The number of hydrogen-bond donors (Lipinski definition) is 0. The molecule has 27 heavy (non-hydrogen) atoms. The molecule has 1 aliphatic rings. The number of methoxy groups -OCH3 is 1. The van der Waals surface area contributed by atoms with Gasteiger partial charge in [0, 0.05) is 25.8 Å². The van der Waals surface area contributed by atoms with Gasteiger partial charge in [-0.3, -0.25) is 4.90 Å². The zero-order valence-electron chi connectivity index (χ0n) is 14.4. The van der Waals surface area contributed by atoms with Gasteiger partial charge >= 0.3 is 18.2 Å². The first-order valence-corrected chi connectivity index (χ1v) is 8.06. The number of pyridine rings is 1. The summed E-state index contributed by atoms with van der Waals surface area (Å²) < 4.78 is 42.5. The summed E-state index contributed by atoms with van der Waals surface area (Å²) in [6.07, 6.45) is -3.75. The predicted octanol–water partition coefficient (Wildman–Crippen LogP) is 3.33. The number of amides is 2. The molecule has 0 N–H and O–H groups in total. The monoisotopic (exact) mass is 379 g/mol. The molecular weight excluding hydrogens is 363 g/mol. The number of ether oxygens (including phenoxy) is 1. The Morgan fingerprint density at radius 2 is 1.85 bits per heavy atom. The van der Waals surface area contributed by atoms with Crippen molar-refractivity contribution < 1.29 is 27.5 Å². The molecule has 3 rings (SSSR count). The number of esters is 1. The van der Waals surface area contributed by atoms with Crippen molar-refractivity contribution in [1.29, 1.82) is 0 Å². The highest BCUT2D eigenvalue weighted by Gasteiger charge is 2.33. The van der Waals surface area contributed by atoms with Crippen LogP contribution in [0, 0.1) is 0 Å². The fourth-order valence-electron chi connectivity index (χ4n) is 2.74. The van der Waals surface area contributed by atoms with E-state index in [0.717, 1.165) is 17.8 Å². The lowest BCUT2D eigenvalue weighted by Crippen LogP contribution is -2.32. The first kappa shape index (κ1) is 18.7. The summed E-state index contributed by atoms with van der Waals surface area (Å²) in [6, 6.07) is 8.42. The van der Waals surface area contributed by atoms with Gasteiger partial charge in [-0.15, -0.1) is 0 Å². The molecule has 9 heteroatoms. The second kappa shape index (κ2) is 7.26. The Morgan fingerprint density at radius 3 is 2.41 bits per heavy atom. The van der Waals surface area contributed by atoms with Crippen LogP contribution in [0.4, 0.5) is 23.8 Å². The van der Waals surface area contributed by atoms with Gasteiger partial charge in [0.05, 0.1) is 18.2 Å². The van der Waals surface area contributed by atoms with Crippen molar-refractivity contribution in [2.24, 2.45) is 0 Å². The van der Waals surface area contributed by atoms with E-state index in [9.17, 15) is 22.8 Å². The topological polar surface area (TPSA) is 62.7 Å². The fraction of sp³-hybridized carbons (Fsp3) is 0.278. The van der Waals surface area contributed by atoms with Crippen molar-refractivity contribution in [3.05, 3.63) is 59.3 Å². The molecule has 0 aliphatic carbocycles. The number of carbonyl (C=O) groups excluding carboxylic acids is 2. The molecule has 1 fully saturated rings. The van der Waals surface area contributed by atoms with E-state index in [2.05, 4.69) is 9.72 Å². The number of hydrogen-bond acceptors (Lipinski definition) is 4. The highest BCUT2D eigenvalue weighted by atomic mass is 19.4. The molecule has 0 spiro atoms. The summed E-state index contributed by atoms with van der Waals surface area (Å²) in [6.45, 7) is 1.06. The van der Waals surface area contributed by atoms with Crippen LogP contribution in [-0.4, -0.2) is 42.1 Å². The molecule has 1 aromatic heterocycles. The number of nitrogens with zero attached hydrogens (tertiary/aromatic N) is 3. The first-order chi connectivity index (χ1) is 12.8. The fourth-order valence-corrected chi connectivity index (χ4v) is 2.74. The van der Waals surface area contributed by atoms with Gasteiger partial charge in [-0.05, 0) is 29.8 Å². The van der Waals surface area contributed by atoms with Crippen LogP contribution < -0.4 is 4.90 Å². The normalized spacial score (nSPS) is 14.6. The largest absolute Gasteiger partial charge is 0.465 e. The SMILES string of the molecule is COC(=O)c1ccc(CN2CCN(c3ccc(C(F)(F)F)cn3)C2=O)cc1. The Labute approximate surface area is 153 Å². The van der Waals surface area contributed by atoms with Gasteiger partial charge in [-0.2, -0.15) is 13.2 Å². The van der Waals surface area contributed by atoms with Crippen LogP contribution in [0.5, 0.6) is 0 Å². The first-order valence-electron chi connectivity index (χ1n) is 8.06. The number of carbonyl (C=O) groups is 2. The molecule has 0 atom stereocenters. The number of benzene rings is 1. The molecule has 2 heterocycles. The van der Waals surface area contributed by atoms with Gasteiger partial charge in [0.1, 0.15) is 5.82 Å². The second-order valence-corrected chi connectivity index (χ2v) is 5.95. The van der Waals surface area contributed by atoms with Crippen molar-refractivity contribution in [3.8, 4) is 0 Å². The minimum absolute atomic E-state index is 0.177. The van der Waals surface area contributed by atoms with Crippen LogP contribution in [0.1, 0.15) is 21.5 Å². The third kappa shape index (κ3) is 4.02. The smallest absolute Gasteiger partial charge is 0.417 e. The van der Waals surface area contributed by atoms with Gasteiger partial charge in [0.2, 0.25) is 0 Å². The van der Waals surface area contributed by atoms with E-state index in [0.29, 0.717) is 25.2 Å². The molecule has 1 aliphatic heterocycles. The lowest BCUT2D eigenvalue weighted by Gasteiger charge is -2.18. The van der Waals surface area contributed by atoms with Gasteiger partial charge in [0.15, 0.2) is 0 Å². The number of urea groups is 1. The molecule has 2 amide bonds. The van der Waals surface area contributed by atoms with Crippen molar-refractivity contribution in [2.45, 2.75) is 12.7 Å². The Bertz CT molecular complexity index is 836. The molecule has 1 aromatic carbocycles. The van der Waals surface area contributed by atoms with Gasteiger partial charge in [-0.25, -0.2) is 14.6 Å². The van der Waals surface area contributed by atoms with E-state index in [1.807, 2.05) is 0 Å². The lowest BCUT2D eigenvalue weighted by atomic mass is 10.1. The van der Waals surface area contributed by atoms with Gasteiger partial charge in [-0.1, -0.05) is 12.1 Å². The maximum Gasteiger partial charge on any atom is 0.417 e. The lowest BCUT2D eigenvalue weighted by molar-refractivity contribution is -0.137. The number of aromatic nitrogens is 1. The quantitative estimate of drug-likeness (QED) is 0.765. The zero-order valence-corrected chi connectivity index (χ0v) is 14.4. The molecule has 142 valence electrons. The molecule has 0 bridgehead atoms. The number of anilines is 1. The summed E-state index contributed by atoms with van der Waals surface area (Å²) in [5.74, 6) is -0.269. The standard InChI is InChI=1S/C18H16F3N3O3/c1-27-16(25)13-4-2-12(3-5-13)11-23-8-9-24(17(23)26)15-7-6-14(10-22-15)18(19,20)21/h2-7,10H,8-9,11H2,1H3. The summed E-state index contributed by atoms with van der Waals surface area (Å²) in [7, 11) is 1.29. The Hall–Kier alpha value is -3.10. The van der Waals surface area contributed by atoms with Crippen molar-refractivity contribution in [2.75, 3.05) is 25.1 Å². The van der Waals surface area contributed by atoms with E-state index in [1.165, 1.54) is 18.1 Å². The van der Waals surface area contributed by atoms with Gasteiger partial charge in [0.25, 0.3) is 0 Å². The van der Waals surface area contributed by atoms with Crippen LogP contribution in [0.15, 0.2) is 42.6 Å². The molecule has 2 aromatic rings. The van der Waals surface area contributed by atoms with Crippen LogP contribution in [0.2, 0.25) is 0 Å². The summed E-state index contributed by atoms with van der Waals surface area (Å²) in [4.78, 5) is 30.6. The zero-order chi connectivity index (χ0) is 19.6. The van der Waals surface area contributed by atoms with Crippen molar-refractivity contribution >= 4 is 17.8 Å². The summed E-state index contributed by atoms with van der Waals surface area (Å²) >= 11 is 0. The third-order valence-electron chi connectivity index (χ3n) is 4.20. The van der Waals surface area contributed by atoms with E-state index >= 15 is 0 Å². The minimum atomic E-state index is -4.47. The average Bonchev–Trinajstić information content (AvgIpc) is 3.01. The highest BCUT2D eigenvalue weighted by molar-refractivity contribution is 5.93. The van der Waals surface area contributed by atoms with E-state index in [1.54, 1.807) is 29.2 Å². The van der Waals surface area contributed by atoms with Crippen LogP contribution >= 0.6 is 0 Å². The number of alkyl halides is 3. The van der Waals surface area contributed by atoms with E-state index in [-0.39, 0.29) is 11.8 Å². The Balaban J connectivity index is 1.67. The molecule has 0 unspecified atom stereocenters. The van der Waals surface area contributed by atoms with Crippen LogP contribution in [-0.2, 0) is 17.5 Å². The van der Waals surface area contributed by atoms with Crippen molar-refractivity contribution in [1.82, 2.24) is 9.88 Å². The highest BCUT2D eigenvalue weighted by Crippen LogP contribution is 2.30. The summed E-state index contributed by atoms with van der Waals surface area (Å²) in [5.41, 5.74) is 0.364. The summed E-state index contributed by atoms with van der Waals surface area (Å²) in [5, 5.41) is 0. The predicted molar refractivity (Wildman–Crippen MR) is 90.2 cm³/mol. The average molecular weight is 379 g/mol. The van der Waals surface area contributed by atoms with E-state index < -0.39 is 17.7 Å². The maximum atomic E-state index is 12.6. The Kier molecular flexibility index (Phi) is 5.02. The Morgan fingerprint density at radius 1 is 1.15 bits per heavy atom. The molecule has 0 radical (unpaired) electrons. The molecule has 1 saturated heterocycles.